The number of rotatable bonds is 4. The van der Waals surface area contributed by atoms with Gasteiger partial charge in [-0.05, 0) is 46.0 Å². The van der Waals surface area contributed by atoms with E-state index in [0.717, 1.165) is 12.8 Å². The molecular formula is C14H29NO2. The number of hydrogen-bond donors (Lipinski definition) is 1. The second kappa shape index (κ2) is 5.28. The highest BCUT2D eigenvalue weighted by molar-refractivity contribution is 5.68. The topological polar surface area (TPSA) is 38.3 Å². The lowest BCUT2D eigenvalue weighted by Crippen LogP contribution is -2.48. The SMILES string of the molecule is CCC(C)(C)OC(=O)NC(C)(C)CC(C)(C)C. The van der Waals surface area contributed by atoms with E-state index in [9.17, 15) is 4.79 Å². The molecule has 0 spiro atoms. The first-order chi connectivity index (χ1) is 7.37. The van der Waals surface area contributed by atoms with Crippen LogP contribution in [-0.2, 0) is 4.74 Å². The van der Waals surface area contributed by atoms with Crippen molar-refractivity contribution in [2.45, 2.75) is 79.4 Å². The van der Waals surface area contributed by atoms with E-state index in [1.807, 2.05) is 34.6 Å². The fraction of sp³-hybridized carbons (Fsp3) is 0.929. The molecule has 0 heterocycles. The zero-order valence-corrected chi connectivity index (χ0v) is 12.7. The first kappa shape index (κ1) is 16.3. The molecule has 0 aliphatic carbocycles. The zero-order chi connectivity index (χ0) is 13.9. The summed E-state index contributed by atoms with van der Waals surface area (Å²) >= 11 is 0. The minimum Gasteiger partial charge on any atom is -0.444 e. The maximum Gasteiger partial charge on any atom is 0.408 e. The molecule has 0 atom stereocenters. The first-order valence-electron chi connectivity index (χ1n) is 6.38. The summed E-state index contributed by atoms with van der Waals surface area (Å²) in [4.78, 5) is 11.8. The number of alkyl carbamates (subject to hydrolysis) is 1. The van der Waals surface area contributed by atoms with Gasteiger partial charge in [-0.25, -0.2) is 4.79 Å². The summed E-state index contributed by atoms with van der Waals surface area (Å²) in [5.41, 5.74) is -0.474. The summed E-state index contributed by atoms with van der Waals surface area (Å²) in [6, 6.07) is 0. The highest BCUT2D eigenvalue weighted by Gasteiger charge is 2.29. The van der Waals surface area contributed by atoms with Gasteiger partial charge in [-0.15, -0.1) is 0 Å². The van der Waals surface area contributed by atoms with Crippen molar-refractivity contribution in [3.8, 4) is 0 Å². The van der Waals surface area contributed by atoms with E-state index < -0.39 is 5.60 Å². The van der Waals surface area contributed by atoms with Gasteiger partial charge in [0.25, 0.3) is 0 Å². The Balaban J connectivity index is 4.38. The minimum atomic E-state index is -0.401. The van der Waals surface area contributed by atoms with Crippen LogP contribution in [0.2, 0.25) is 0 Å². The summed E-state index contributed by atoms with van der Waals surface area (Å²) in [5.74, 6) is 0. The van der Waals surface area contributed by atoms with E-state index in [4.69, 9.17) is 4.74 Å². The van der Waals surface area contributed by atoms with Crippen molar-refractivity contribution in [3.63, 3.8) is 0 Å². The third kappa shape index (κ3) is 8.06. The van der Waals surface area contributed by atoms with E-state index in [2.05, 4.69) is 26.1 Å². The number of nitrogens with one attached hydrogen (secondary N) is 1. The average molecular weight is 243 g/mol. The predicted octanol–water partition coefficient (Wildman–Crippen LogP) is 4.12. The van der Waals surface area contributed by atoms with E-state index in [0.29, 0.717) is 0 Å². The molecule has 0 bridgehead atoms. The number of hydrogen-bond acceptors (Lipinski definition) is 2. The fourth-order valence-electron chi connectivity index (χ4n) is 1.99. The minimum absolute atomic E-state index is 0.178. The Morgan fingerprint density at radius 2 is 1.53 bits per heavy atom. The summed E-state index contributed by atoms with van der Waals surface area (Å²) in [6.07, 6.45) is 1.38. The summed E-state index contributed by atoms with van der Waals surface area (Å²) in [5, 5.41) is 2.94. The second-order valence-electron chi connectivity index (χ2n) is 7.25. The molecule has 0 unspecified atom stereocenters. The van der Waals surface area contributed by atoms with Gasteiger partial charge in [0.05, 0.1) is 0 Å². The van der Waals surface area contributed by atoms with E-state index >= 15 is 0 Å². The van der Waals surface area contributed by atoms with Crippen molar-refractivity contribution >= 4 is 6.09 Å². The summed E-state index contributed by atoms with van der Waals surface area (Å²) in [6.45, 7) is 16.4. The summed E-state index contributed by atoms with van der Waals surface area (Å²) in [7, 11) is 0. The fourth-order valence-corrected chi connectivity index (χ4v) is 1.99. The normalized spacial score (nSPS) is 13.4. The van der Waals surface area contributed by atoms with Gasteiger partial charge >= 0.3 is 6.09 Å². The van der Waals surface area contributed by atoms with Crippen LogP contribution in [0.25, 0.3) is 0 Å². The van der Waals surface area contributed by atoms with Crippen LogP contribution in [0.15, 0.2) is 0 Å². The van der Waals surface area contributed by atoms with Crippen LogP contribution < -0.4 is 5.32 Å². The number of carbonyl (C=O) groups is 1. The van der Waals surface area contributed by atoms with Crippen LogP contribution in [0.3, 0.4) is 0 Å². The molecule has 17 heavy (non-hydrogen) atoms. The molecule has 1 N–H and O–H groups in total. The lowest BCUT2D eigenvalue weighted by molar-refractivity contribution is 0.0297. The zero-order valence-electron chi connectivity index (χ0n) is 12.7. The largest absolute Gasteiger partial charge is 0.444 e. The molecule has 102 valence electrons. The Morgan fingerprint density at radius 3 is 1.88 bits per heavy atom. The highest BCUT2D eigenvalue weighted by Crippen LogP contribution is 2.27. The molecule has 1 amide bonds. The molecule has 0 aromatic heterocycles. The molecule has 0 saturated carbocycles. The highest BCUT2D eigenvalue weighted by atomic mass is 16.6. The Kier molecular flexibility index (Phi) is 5.05. The van der Waals surface area contributed by atoms with Gasteiger partial charge in [-0.1, -0.05) is 27.7 Å². The van der Waals surface area contributed by atoms with Crippen molar-refractivity contribution in [1.82, 2.24) is 5.32 Å². The standard InChI is InChI=1S/C14H29NO2/c1-9-14(7,8)17-11(16)15-13(5,6)10-12(2,3)4/h9-10H2,1-8H3,(H,15,16). The van der Waals surface area contributed by atoms with Gasteiger partial charge in [-0.2, -0.15) is 0 Å². The molecule has 0 aliphatic heterocycles. The maximum atomic E-state index is 11.8. The molecule has 0 fully saturated rings. The maximum absolute atomic E-state index is 11.8. The Hall–Kier alpha value is -0.730. The molecule has 3 nitrogen and oxygen atoms in total. The van der Waals surface area contributed by atoms with Gasteiger partial charge in [0.2, 0.25) is 0 Å². The number of ether oxygens (including phenoxy) is 1. The van der Waals surface area contributed by atoms with E-state index in [-0.39, 0.29) is 17.0 Å². The molecule has 0 rings (SSSR count). The third-order valence-corrected chi connectivity index (χ3v) is 2.63. The van der Waals surface area contributed by atoms with Crippen LogP contribution in [0, 0.1) is 5.41 Å². The van der Waals surface area contributed by atoms with Crippen LogP contribution >= 0.6 is 0 Å². The Labute approximate surface area is 106 Å². The molecule has 3 heteroatoms. The van der Waals surface area contributed by atoms with Gasteiger partial charge < -0.3 is 10.1 Å². The lowest BCUT2D eigenvalue weighted by atomic mass is 9.82. The molecule has 0 aliphatic rings. The Bertz CT molecular complexity index is 262. The van der Waals surface area contributed by atoms with Crippen molar-refractivity contribution in [2.75, 3.05) is 0 Å². The van der Waals surface area contributed by atoms with E-state index in [1.165, 1.54) is 0 Å². The monoisotopic (exact) mass is 243 g/mol. The molecule has 0 radical (unpaired) electrons. The van der Waals surface area contributed by atoms with Crippen LogP contribution in [-0.4, -0.2) is 17.2 Å². The van der Waals surface area contributed by atoms with Gasteiger partial charge in [0.1, 0.15) is 5.60 Å². The molecule has 0 saturated heterocycles. The van der Waals surface area contributed by atoms with Crippen molar-refractivity contribution in [1.29, 1.82) is 0 Å². The van der Waals surface area contributed by atoms with Crippen LogP contribution in [0.4, 0.5) is 4.79 Å². The van der Waals surface area contributed by atoms with E-state index in [1.54, 1.807) is 0 Å². The Morgan fingerprint density at radius 1 is 1.06 bits per heavy atom. The van der Waals surface area contributed by atoms with Crippen molar-refractivity contribution < 1.29 is 9.53 Å². The number of carbonyl (C=O) groups excluding carboxylic acids is 1. The lowest BCUT2D eigenvalue weighted by Gasteiger charge is -2.34. The third-order valence-electron chi connectivity index (χ3n) is 2.63. The second-order valence-corrected chi connectivity index (χ2v) is 7.25. The molecule has 0 aromatic carbocycles. The van der Waals surface area contributed by atoms with Crippen molar-refractivity contribution in [3.05, 3.63) is 0 Å². The first-order valence-corrected chi connectivity index (χ1v) is 6.38. The van der Waals surface area contributed by atoms with Crippen LogP contribution in [0.5, 0.6) is 0 Å². The molecular weight excluding hydrogens is 214 g/mol. The quantitative estimate of drug-likeness (QED) is 0.806. The number of amides is 1. The predicted molar refractivity (Wildman–Crippen MR) is 72.1 cm³/mol. The summed E-state index contributed by atoms with van der Waals surface area (Å²) < 4.78 is 5.39. The smallest absolute Gasteiger partial charge is 0.408 e. The van der Waals surface area contributed by atoms with Gasteiger partial charge in [0, 0.05) is 5.54 Å². The van der Waals surface area contributed by atoms with Gasteiger partial charge in [0.15, 0.2) is 0 Å². The van der Waals surface area contributed by atoms with Crippen molar-refractivity contribution in [2.24, 2.45) is 5.41 Å². The van der Waals surface area contributed by atoms with Crippen LogP contribution in [0.1, 0.15) is 68.2 Å². The average Bonchev–Trinajstić information content (AvgIpc) is 1.96. The van der Waals surface area contributed by atoms with Gasteiger partial charge in [-0.3, -0.25) is 0 Å². The molecule has 0 aromatic rings.